The Morgan fingerprint density at radius 3 is 2.58 bits per heavy atom. The highest BCUT2D eigenvalue weighted by Crippen LogP contribution is 2.19. The van der Waals surface area contributed by atoms with Gasteiger partial charge in [0.2, 0.25) is 0 Å². The van der Waals surface area contributed by atoms with Gasteiger partial charge in [0.15, 0.2) is 17.5 Å². The summed E-state index contributed by atoms with van der Waals surface area (Å²) in [6.45, 7) is 0.262. The lowest BCUT2D eigenvalue weighted by molar-refractivity contribution is 0.252. The van der Waals surface area contributed by atoms with Crippen molar-refractivity contribution in [1.29, 1.82) is 0 Å². The minimum atomic E-state index is -1.63. The Labute approximate surface area is 147 Å². The third-order valence-electron chi connectivity index (χ3n) is 3.64. The van der Waals surface area contributed by atoms with Gasteiger partial charge in [-0.05, 0) is 36.2 Å². The van der Waals surface area contributed by atoms with Crippen LogP contribution in [0.15, 0.2) is 54.9 Å². The number of halogens is 3. The maximum atomic E-state index is 13.5. The number of carbonyl (C=O) groups is 1. The van der Waals surface area contributed by atoms with Crippen molar-refractivity contribution in [2.45, 2.75) is 6.42 Å². The fourth-order valence-electron chi connectivity index (χ4n) is 2.32. The quantitative estimate of drug-likeness (QED) is 0.683. The molecule has 2 N–H and O–H groups in total. The molecule has 0 aliphatic carbocycles. The molecule has 0 fully saturated rings. The first-order chi connectivity index (χ1) is 12.5. The molecule has 1 aromatic heterocycles. The zero-order valence-corrected chi connectivity index (χ0v) is 13.5. The van der Waals surface area contributed by atoms with E-state index in [1.54, 1.807) is 10.9 Å². The van der Waals surface area contributed by atoms with Gasteiger partial charge >= 0.3 is 6.03 Å². The summed E-state index contributed by atoms with van der Waals surface area (Å²) < 4.78 is 41.2. The fourth-order valence-corrected chi connectivity index (χ4v) is 2.32. The van der Waals surface area contributed by atoms with Crippen molar-refractivity contribution >= 4 is 11.7 Å². The van der Waals surface area contributed by atoms with Crippen LogP contribution in [0.4, 0.5) is 23.7 Å². The molecule has 0 aliphatic heterocycles. The van der Waals surface area contributed by atoms with Crippen LogP contribution >= 0.6 is 0 Å². The van der Waals surface area contributed by atoms with Gasteiger partial charge in [0, 0.05) is 12.7 Å². The number of aromatic nitrogens is 2. The zero-order chi connectivity index (χ0) is 18.5. The van der Waals surface area contributed by atoms with E-state index in [4.69, 9.17) is 0 Å². The lowest BCUT2D eigenvalue weighted by atomic mass is 10.2. The third kappa shape index (κ3) is 4.02. The van der Waals surface area contributed by atoms with Crippen LogP contribution in [0.1, 0.15) is 5.56 Å². The lowest BCUT2D eigenvalue weighted by Gasteiger charge is -2.08. The van der Waals surface area contributed by atoms with Crippen molar-refractivity contribution < 1.29 is 18.0 Å². The number of benzene rings is 2. The molecule has 8 heteroatoms. The summed E-state index contributed by atoms with van der Waals surface area (Å²) in [6, 6.07) is 10.5. The second-order valence-corrected chi connectivity index (χ2v) is 5.48. The normalized spacial score (nSPS) is 10.6. The predicted octanol–water partition coefficient (Wildman–Crippen LogP) is 3.65. The lowest BCUT2D eigenvalue weighted by Crippen LogP contribution is -2.30. The van der Waals surface area contributed by atoms with Crippen LogP contribution in [0.3, 0.4) is 0 Å². The summed E-state index contributed by atoms with van der Waals surface area (Å²) in [5.74, 6) is -4.38. The number of carbonyl (C=O) groups excluding carboxylic acids is 1. The average molecular weight is 360 g/mol. The first-order valence-electron chi connectivity index (χ1n) is 7.82. The van der Waals surface area contributed by atoms with Crippen molar-refractivity contribution in [3.8, 4) is 5.69 Å². The molecule has 0 spiro atoms. The SMILES string of the molecule is O=C(NCCc1cnn(-c2ccccc2)c1)Nc1ccc(F)c(F)c1F. The van der Waals surface area contributed by atoms with Crippen LogP contribution in [0.2, 0.25) is 0 Å². The Hall–Kier alpha value is -3.29. The smallest absolute Gasteiger partial charge is 0.319 e. The fraction of sp³-hybridized carbons (Fsp3) is 0.111. The first-order valence-corrected chi connectivity index (χ1v) is 7.82. The summed E-state index contributed by atoms with van der Waals surface area (Å²) in [6.07, 6.45) is 4.02. The van der Waals surface area contributed by atoms with Gasteiger partial charge in [-0.1, -0.05) is 18.2 Å². The van der Waals surface area contributed by atoms with Crippen LogP contribution in [0.25, 0.3) is 5.69 Å². The summed E-state index contributed by atoms with van der Waals surface area (Å²) >= 11 is 0. The second kappa shape index (κ2) is 7.73. The number of rotatable bonds is 5. The molecule has 2 aromatic carbocycles. The molecule has 0 bridgehead atoms. The van der Waals surface area contributed by atoms with E-state index in [1.807, 2.05) is 36.5 Å². The molecule has 26 heavy (non-hydrogen) atoms. The van der Waals surface area contributed by atoms with Crippen molar-refractivity contribution in [1.82, 2.24) is 15.1 Å². The topological polar surface area (TPSA) is 59.0 Å². The highest BCUT2D eigenvalue weighted by Gasteiger charge is 2.15. The highest BCUT2D eigenvalue weighted by molar-refractivity contribution is 5.89. The van der Waals surface area contributed by atoms with Gasteiger partial charge in [0.25, 0.3) is 0 Å². The van der Waals surface area contributed by atoms with Crippen molar-refractivity contribution in [3.63, 3.8) is 0 Å². The summed E-state index contributed by atoms with van der Waals surface area (Å²) in [7, 11) is 0. The molecule has 0 unspecified atom stereocenters. The average Bonchev–Trinajstić information content (AvgIpc) is 3.12. The molecule has 2 amide bonds. The number of nitrogens with zero attached hydrogens (tertiary/aromatic N) is 2. The van der Waals surface area contributed by atoms with E-state index in [2.05, 4.69) is 15.7 Å². The Balaban J connectivity index is 1.52. The van der Waals surface area contributed by atoms with Crippen LogP contribution in [0, 0.1) is 17.5 Å². The minimum absolute atomic E-state index is 0.262. The van der Waals surface area contributed by atoms with Crippen LogP contribution in [-0.2, 0) is 6.42 Å². The monoisotopic (exact) mass is 360 g/mol. The number of nitrogens with one attached hydrogen (secondary N) is 2. The van der Waals surface area contributed by atoms with Gasteiger partial charge < -0.3 is 10.6 Å². The van der Waals surface area contributed by atoms with E-state index in [0.717, 1.165) is 23.4 Å². The van der Waals surface area contributed by atoms with Gasteiger partial charge in [-0.25, -0.2) is 22.6 Å². The van der Waals surface area contributed by atoms with Crippen LogP contribution < -0.4 is 10.6 Å². The number of urea groups is 1. The Morgan fingerprint density at radius 1 is 1.04 bits per heavy atom. The van der Waals surface area contributed by atoms with Crippen LogP contribution in [-0.4, -0.2) is 22.4 Å². The van der Waals surface area contributed by atoms with E-state index in [0.29, 0.717) is 6.42 Å². The van der Waals surface area contributed by atoms with Crippen LogP contribution in [0.5, 0.6) is 0 Å². The molecule has 0 aliphatic rings. The summed E-state index contributed by atoms with van der Waals surface area (Å²) in [4.78, 5) is 11.8. The Kier molecular flexibility index (Phi) is 5.21. The molecule has 5 nitrogen and oxygen atoms in total. The molecule has 0 radical (unpaired) electrons. The number of hydrogen-bond acceptors (Lipinski definition) is 2. The van der Waals surface area contributed by atoms with E-state index >= 15 is 0 Å². The number of hydrogen-bond donors (Lipinski definition) is 2. The van der Waals surface area contributed by atoms with E-state index < -0.39 is 29.2 Å². The maximum Gasteiger partial charge on any atom is 0.319 e. The number of para-hydroxylation sites is 1. The van der Waals surface area contributed by atoms with E-state index in [-0.39, 0.29) is 6.54 Å². The summed E-state index contributed by atoms with van der Waals surface area (Å²) in [5, 5.41) is 8.91. The van der Waals surface area contributed by atoms with Gasteiger partial charge in [-0.2, -0.15) is 5.10 Å². The Bertz CT molecular complexity index is 912. The molecule has 1 heterocycles. The van der Waals surface area contributed by atoms with Crippen molar-refractivity contribution in [2.24, 2.45) is 0 Å². The molecule has 0 saturated heterocycles. The van der Waals surface area contributed by atoms with Gasteiger partial charge in [-0.15, -0.1) is 0 Å². The van der Waals surface area contributed by atoms with E-state index in [9.17, 15) is 18.0 Å². The molecule has 134 valence electrons. The molecular weight excluding hydrogens is 345 g/mol. The zero-order valence-electron chi connectivity index (χ0n) is 13.5. The molecule has 3 rings (SSSR count). The molecular formula is C18H15F3N4O. The molecule has 0 atom stereocenters. The Morgan fingerprint density at radius 2 is 1.81 bits per heavy atom. The molecule has 0 saturated carbocycles. The maximum absolute atomic E-state index is 13.5. The summed E-state index contributed by atoms with van der Waals surface area (Å²) in [5.41, 5.74) is 1.38. The predicted molar refractivity (Wildman–Crippen MR) is 90.6 cm³/mol. The highest BCUT2D eigenvalue weighted by atomic mass is 19.2. The van der Waals surface area contributed by atoms with E-state index in [1.165, 1.54) is 0 Å². The number of amides is 2. The molecule has 3 aromatic rings. The first kappa shape index (κ1) is 17.5. The van der Waals surface area contributed by atoms with Gasteiger partial charge in [-0.3, -0.25) is 0 Å². The number of anilines is 1. The van der Waals surface area contributed by atoms with Crippen molar-refractivity contribution in [3.05, 3.63) is 77.9 Å². The standard InChI is InChI=1S/C18H15F3N4O/c19-14-6-7-15(17(21)16(14)20)24-18(26)22-9-8-12-10-23-25(11-12)13-4-2-1-3-5-13/h1-7,10-11H,8-9H2,(H2,22,24,26). The van der Waals surface area contributed by atoms with Gasteiger partial charge in [0.05, 0.1) is 17.6 Å². The van der Waals surface area contributed by atoms with Gasteiger partial charge in [0.1, 0.15) is 0 Å². The third-order valence-corrected chi connectivity index (χ3v) is 3.64. The minimum Gasteiger partial charge on any atom is -0.338 e. The second-order valence-electron chi connectivity index (χ2n) is 5.48. The largest absolute Gasteiger partial charge is 0.338 e. The van der Waals surface area contributed by atoms with Crippen molar-refractivity contribution in [2.75, 3.05) is 11.9 Å².